The molecule has 0 saturated heterocycles. The molecule has 1 fully saturated rings. The Hall–Kier alpha value is -1.96. The molecule has 0 amide bonds. The third-order valence-corrected chi connectivity index (χ3v) is 10.6. The molecule has 1 saturated carbocycles. The monoisotopic (exact) mass is 829 g/mol. The summed E-state index contributed by atoms with van der Waals surface area (Å²) in [6, 6.07) is 0. The fraction of sp³-hybridized carbons (Fsp3) is 0.750. The Morgan fingerprint density at radius 3 is 1.58 bits per heavy atom. The second-order valence-electron chi connectivity index (χ2n) is 14.8. The number of phosphoric acid groups is 1. The van der Waals surface area contributed by atoms with Gasteiger partial charge in [0.15, 0.2) is 0 Å². The predicted molar refractivity (Wildman–Crippen MR) is 225 cm³/mol. The van der Waals surface area contributed by atoms with E-state index in [1.165, 1.54) is 64.2 Å². The highest BCUT2D eigenvalue weighted by Gasteiger charge is 2.51. The number of allylic oxidation sites excluding steroid dienone is 10. The molecule has 1 aliphatic carbocycles. The number of unbranched alkanes of at least 4 members (excludes halogenated alkanes) is 13. The molecule has 0 aliphatic heterocycles. The molecular weight excluding hydrogens is 751 g/mol. The number of rotatable bonds is 35. The molecular formula is C44H77O12P. The first-order chi connectivity index (χ1) is 27.5. The summed E-state index contributed by atoms with van der Waals surface area (Å²) in [6.45, 7) is 4.03. The molecule has 0 heterocycles. The Labute approximate surface area is 343 Å². The van der Waals surface area contributed by atoms with Crippen molar-refractivity contribution < 1.29 is 58.3 Å². The summed E-state index contributed by atoms with van der Waals surface area (Å²) < 4.78 is 34.0. The van der Waals surface area contributed by atoms with E-state index in [4.69, 9.17) is 18.5 Å². The minimum atomic E-state index is -5.04. The molecule has 0 bridgehead atoms. The average Bonchev–Trinajstić information content (AvgIpc) is 3.19. The quantitative estimate of drug-likeness (QED) is 0.0155. The number of aliphatic hydroxyl groups excluding tert-OH is 5. The number of ether oxygens (including phenoxy) is 2. The van der Waals surface area contributed by atoms with Gasteiger partial charge in [-0.15, -0.1) is 0 Å². The van der Waals surface area contributed by atoms with Crippen LogP contribution in [0, 0.1) is 0 Å². The van der Waals surface area contributed by atoms with E-state index in [2.05, 4.69) is 56.4 Å². The van der Waals surface area contributed by atoms with Crippen molar-refractivity contribution in [1.82, 2.24) is 0 Å². The molecule has 1 aliphatic rings. The van der Waals surface area contributed by atoms with Crippen LogP contribution < -0.4 is 0 Å². The van der Waals surface area contributed by atoms with Gasteiger partial charge in [0, 0.05) is 13.0 Å². The van der Waals surface area contributed by atoms with Gasteiger partial charge in [-0.1, -0.05) is 139 Å². The predicted octanol–water partition coefficient (Wildman–Crippen LogP) is 8.25. The second-order valence-corrected chi connectivity index (χ2v) is 16.2. The minimum absolute atomic E-state index is 0.0611. The van der Waals surface area contributed by atoms with Crippen molar-refractivity contribution in [2.45, 2.75) is 191 Å². The molecule has 12 nitrogen and oxygen atoms in total. The first-order valence-electron chi connectivity index (χ1n) is 21.6. The van der Waals surface area contributed by atoms with Crippen molar-refractivity contribution in [3.63, 3.8) is 0 Å². The van der Waals surface area contributed by atoms with Crippen molar-refractivity contribution in [1.29, 1.82) is 0 Å². The highest BCUT2D eigenvalue weighted by Crippen LogP contribution is 2.47. The summed E-state index contributed by atoms with van der Waals surface area (Å²) in [4.78, 5) is 23.0. The van der Waals surface area contributed by atoms with Gasteiger partial charge < -0.3 is 39.9 Å². The molecule has 57 heavy (non-hydrogen) atoms. The summed E-state index contributed by atoms with van der Waals surface area (Å²) in [7, 11) is -5.04. The lowest BCUT2D eigenvalue weighted by Crippen LogP contribution is -2.64. The first kappa shape index (κ1) is 53.1. The van der Waals surface area contributed by atoms with Gasteiger partial charge in [-0.05, 0) is 64.2 Å². The molecule has 0 spiro atoms. The smallest absolute Gasteiger partial charge is 0.457 e. The van der Waals surface area contributed by atoms with Crippen molar-refractivity contribution in [2.75, 3.05) is 19.8 Å². The number of aliphatic hydroxyl groups is 5. The number of hydrogen-bond donors (Lipinski definition) is 6. The standard InChI is InChI=1S/C44H77O12P/c1-3-5-7-9-11-13-15-17-18-19-20-22-24-26-28-30-32-34-53-35-37(36-54-57(51,52)56-44-42(49)40(47)39(46)41(48)43(44)50)55-38(45)33-31-29-27-25-23-21-16-14-12-10-8-6-4-2/h6,8,12,14,18-19,21,23,27,29,37,39-44,46-50H,3-5,7,9-11,13,15-17,20,22,24-26,28,30-36H2,1-2H3,(H,51,52)/b8-6-,14-12-,19-18-,23-21-,29-27-. The van der Waals surface area contributed by atoms with E-state index >= 15 is 0 Å². The highest BCUT2D eigenvalue weighted by molar-refractivity contribution is 7.47. The largest absolute Gasteiger partial charge is 0.472 e. The Morgan fingerprint density at radius 1 is 0.579 bits per heavy atom. The molecule has 0 aromatic carbocycles. The van der Waals surface area contributed by atoms with Crippen LogP contribution in [0.2, 0.25) is 0 Å². The van der Waals surface area contributed by atoms with Gasteiger partial charge in [-0.25, -0.2) is 4.57 Å². The summed E-state index contributed by atoms with van der Waals surface area (Å²) in [5, 5.41) is 50.1. The maximum atomic E-state index is 12.8. The number of carbonyl (C=O) groups excluding carboxylic acids is 1. The van der Waals surface area contributed by atoms with E-state index in [1.807, 2.05) is 18.2 Å². The normalized spacial score (nSPS) is 23.4. The Bertz CT molecular complexity index is 1170. The topological polar surface area (TPSA) is 192 Å². The Kier molecular flexibility index (Phi) is 32.4. The lowest BCUT2D eigenvalue weighted by molar-refractivity contribution is -0.220. The molecule has 0 aromatic rings. The fourth-order valence-electron chi connectivity index (χ4n) is 6.19. The van der Waals surface area contributed by atoms with Crippen LogP contribution in [-0.2, 0) is 27.9 Å². The number of phosphoric ester groups is 1. The molecule has 13 heteroatoms. The van der Waals surface area contributed by atoms with Gasteiger partial charge in [-0.2, -0.15) is 0 Å². The number of hydrogen-bond acceptors (Lipinski definition) is 11. The third-order valence-electron chi connectivity index (χ3n) is 9.64. The Morgan fingerprint density at radius 2 is 1.04 bits per heavy atom. The van der Waals surface area contributed by atoms with Crippen molar-refractivity contribution >= 4 is 13.8 Å². The van der Waals surface area contributed by atoms with E-state index in [9.17, 15) is 39.8 Å². The van der Waals surface area contributed by atoms with E-state index in [0.29, 0.717) is 13.0 Å². The van der Waals surface area contributed by atoms with Crippen molar-refractivity contribution in [3.05, 3.63) is 60.8 Å². The van der Waals surface area contributed by atoms with Crippen LogP contribution in [0.5, 0.6) is 0 Å². The lowest BCUT2D eigenvalue weighted by Gasteiger charge is -2.41. The molecule has 0 aromatic heterocycles. The van der Waals surface area contributed by atoms with E-state index in [-0.39, 0.29) is 13.0 Å². The molecule has 0 radical (unpaired) electrons. The summed E-state index contributed by atoms with van der Waals surface area (Å²) in [5.41, 5.74) is 0. The van der Waals surface area contributed by atoms with Crippen LogP contribution in [-0.4, -0.2) is 98.9 Å². The van der Waals surface area contributed by atoms with Gasteiger partial charge in [0.25, 0.3) is 0 Å². The number of esters is 1. The Balaban J connectivity index is 2.47. The lowest BCUT2D eigenvalue weighted by atomic mass is 9.85. The number of carbonyl (C=O) groups is 1. The van der Waals surface area contributed by atoms with Crippen LogP contribution in [0.3, 0.4) is 0 Å². The van der Waals surface area contributed by atoms with Gasteiger partial charge in [-0.3, -0.25) is 13.8 Å². The zero-order valence-electron chi connectivity index (χ0n) is 34.9. The molecule has 6 N–H and O–H groups in total. The average molecular weight is 829 g/mol. The second kappa shape index (κ2) is 34.9. The molecule has 1 rings (SSSR count). The van der Waals surface area contributed by atoms with Gasteiger partial charge >= 0.3 is 13.8 Å². The van der Waals surface area contributed by atoms with E-state index < -0.39 is 63.1 Å². The third kappa shape index (κ3) is 27.4. The zero-order chi connectivity index (χ0) is 42.0. The van der Waals surface area contributed by atoms with E-state index in [1.54, 1.807) is 0 Å². The van der Waals surface area contributed by atoms with Gasteiger partial charge in [0.05, 0.1) is 13.2 Å². The minimum Gasteiger partial charge on any atom is -0.457 e. The summed E-state index contributed by atoms with van der Waals surface area (Å²) in [5.74, 6) is -0.561. The molecule has 6 unspecified atom stereocenters. The van der Waals surface area contributed by atoms with Crippen LogP contribution in [0.4, 0.5) is 0 Å². The van der Waals surface area contributed by atoms with Crippen LogP contribution >= 0.6 is 7.82 Å². The maximum absolute atomic E-state index is 12.8. The summed E-state index contributed by atoms with van der Waals surface area (Å²) >= 11 is 0. The van der Waals surface area contributed by atoms with Crippen LogP contribution in [0.15, 0.2) is 60.8 Å². The SMILES string of the molecule is CC/C=C\C/C=C\C/C=C\C/C=C\CCC(=O)OC(COCCCCCCCC/C=C\CCCCCCCCC)COP(=O)(O)OC1C(O)C(O)C(O)C(O)C1O. The molecule has 6 atom stereocenters. The molecule has 330 valence electrons. The summed E-state index contributed by atoms with van der Waals surface area (Å²) in [6.07, 6.45) is 30.3. The van der Waals surface area contributed by atoms with Crippen LogP contribution in [0.1, 0.15) is 149 Å². The van der Waals surface area contributed by atoms with Crippen molar-refractivity contribution in [3.8, 4) is 0 Å². The zero-order valence-corrected chi connectivity index (χ0v) is 35.8. The first-order valence-corrected chi connectivity index (χ1v) is 23.1. The fourth-order valence-corrected chi connectivity index (χ4v) is 7.16. The highest BCUT2D eigenvalue weighted by atomic mass is 31.2. The maximum Gasteiger partial charge on any atom is 0.472 e. The van der Waals surface area contributed by atoms with Gasteiger partial charge in [0.1, 0.15) is 42.7 Å². The van der Waals surface area contributed by atoms with Gasteiger partial charge in [0.2, 0.25) is 0 Å². The van der Waals surface area contributed by atoms with E-state index in [0.717, 1.165) is 57.8 Å². The van der Waals surface area contributed by atoms with Crippen molar-refractivity contribution in [2.24, 2.45) is 0 Å². The van der Waals surface area contributed by atoms with Crippen LogP contribution in [0.25, 0.3) is 0 Å².